The van der Waals surface area contributed by atoms with Crippen LogP contribution in [0, 0.1) is 0 Å². The summed E-state index contributed by atoms with van der Waals surface area (Å²) in [5, 5.41) is 3.51. The van der Waals surface area contributed by atoms with Gasteiger partial charge in [0.2, 0.25) is 15.9 Å². The van der Waals surface area contributed by atoms with E-state index in [0.717, 1.165) is 26.3 Å². The van der Waals surface area contributed by atoms with E-state index in [0.29, 0.717) is 27.1 Å². The van der Waals surface area contributed by atoms with Crippen LogP contribution in [0.25, 0.3) is 23.5 Å². The van der Waals surface area contributed by atoms with Crippen LogP contribution in [-0.2, 0) is 30.9 Å². The van der Waals surface area contributed by atoms with E-state index in [4.69, 9.17) is 32.4 Å². The van der Waals surface area contributed by atoms with Gasteiger partial charge < -0.3 is 14.5 Å². The van der Waals surface area contributed by atoms with E-state index < -0.39 is 34.0 Å². The number of hydrogen-bond donors (Lipinski definition) is 1. The molecule has 42 heavy (non-hydrogen) atoms. The Morgan fingerprint density at radius 2 is 1.88 bits per heavy atom. The molecule has 0 radical (unpaired) electrons. The first-order chi connectivity index (χ1) is 19.9. The van der Waals surface area contributed by atoms with Crippen LogP contribution in [0.5, 0.6) is 0 Å². The smallest absolute Gasteiger partial charge is 0.333 e. The molecule has 10 nitrogen and oxygen atoms in total. The molecule has 2 aromatic carbocycles. The zero-order chi connectivity index (χ0) is 30.6. The van der Waals surface area contributed by atoms with Crippen LogP contribution in [0.4, 0.5) is 5.69 Å². The van der Waals surface area contributed by atoms with Crippen molar-refractivity contribution in [2.45, 2.75) is 18.4 Å². The number of thiazole rings is 1. The molecular weight excluding hydrogens is 625 g/mol. The van der Waals surface area contributed by atoms with E-state index in [2.05, 4.69) is 5.32 Å². The maximum Gasteiger partial charge on any atom is 0.333 e. The van der Waals surface area contributed by atoms with Crippen molar-refractivity contribution in [2.75, 3.05) is 26.0 Å². The summed E-state index contributed by atoms with van der Waals surface area (Å²) in [6.07, 6.45) is 2.62. The van der Waals surface area contributed by atoms with Crippen molar-refractivity contribution in [1.82, 2.24) is 8.87 Å². The number of nitrogens with one attached hydrogen (secondary N) is 1. The Kier molecular flexibility index (Phi) is 9.74. The van der Waals surface area contributed by atoms with Gasteiger partial charge in [-0.2, -0.15) is 0 Å². The van der Waals surface area contributed by atoms with E-state index in [9.17, 15) is 22.8 Å². The Bertz CT molecular complexity index is 1940. The normalized spacial score (nSPS) is 12.6. The predicted molar refractivity (Wildman–Crippen MR) is 163 cm³/mol. The number of halogens is 2. The Hall–Kier alpha value is -3.68. The number of furan rings is 1. The van der Waals surface area contributed by atoms with E-state index >= 15 is 0 Å². The molecule has 0 fully saturated rings. The Labute approximate surface area is 255 Å². The number of esters is 1. The van der Waals surface area contributed by atoms with Crippen LogP contribution < -0.4 is 20.1 Å². The van der Waals surface area contributed by atoms with Crippen molar-refractivity contribution in [3.63, 3.8) is 0 Å². The largest absolute Gasteiger partial charge is 0.463 e. The highest BCUT2D eigenvalue weighted by Gasteiger charge is 2.18. The molecule has 0 saturated heterocycles. The molecule has 0 aliphatic heterocycles. The van der Waals surface area contributed by atoms with E-state index in [1.807, 2.05) is 0 Å². The summed E-state index contributed by atoms with van der Waals surface area (Å²) < 4.78 is 38.4. The molecule has 0 unspecified atom stereocenters. The van der Waals surface area contributed by atoms with Crippen LogP contribution >= 0.6 is 34.5 Å². The number of rotatable bonds is 9. The summed E-state index contributed by atoms with van der Waals surface area (Å²) in [6, 6.07) is 14.0. The summed E-state index contributed by atoms with van der Waals surface area (Å²) in [5.74, 6) is -0.536. The molecule has 0 saturated carbocycles. The summed E-state index contributed by atoms with van der Waals surface area (Å²) in [7, 11) is -0.931. The van der Waals surface area contributed by atoms with Gasteiger partial charge in [0.05, 0.1) is 27.1 Å². The van der Waals surface area contributed by atoms with Gasteiger partial charge in [-0.25, -0.2) is 17.5 Å². The van der Waals surface area contributed by atoms with Crippen molar-refractivity contribution in [2.24, 2.45) is 0 Å². The van der Waals surface area contributed by atoms with Gasteiger partial charge in [0, 0.05) is 36.4 Å². The number of sulfonamides is 1. The van der Waals surface area contributed by atoms with Crippen molar-refractivity contribution in [3.05, 3.63) is 90.0 Å². The average Bonchev–Trinajstić information content (AvgIpc) is 3.50. The fourth-order valence-electron chi connectivity index (χ4n) is 3.76. The first kappa shape index (κ1) is 31.3. The first-order valence-electron chi connectivity index (χ1n) is 12.4. The molecule has 220 valence electrons. The third-order valence-electron chi connectivity index (χ3n) is 5.76. The molecule has 0 aliphatic rings. The van der Waals surface area contributed by atoms with Gasteiger partial charge in [-0.3, -0.25) is 14.2 Å². The molecule has 0 atom stereocenters. The lowest BCUT2D eigenvalue weighted by atomic mass is 10.2. The highest BCUT2D eigenvalue weighted by molar-refractivity contribution is 7.89. The molecule has 14 heteroatoms. The second-order valence-electron chi connectivity index (χ2n) is 8.93. The van der Waals surface area contributed by atoms with Crippen LogP contribution in [0.15, 0.2) is 68.7 Å². The lowest BCUT2D eigenvalue weighted by Gasteiger charge is -2.12. The molecule has 4 rings (SSSR count). The molecule has 0 aliphatic carbocycles. The molecule has 0 bridgehead atoms. The summed E-state index contributed by atoms with van der Waals surface area (Å²) >= 11 is 13.3. The van der Waals surface area contributed by atoms with E-state index in [1.165, 1.54) is 44.4 Å². The molecule has 1 amide bonds. The van der Waals surface area contributed by atoms with Gasteiger partial charge >= 0.3 is 5.97 Å². The molecule has 2 aromatic heterocycles. The minimum absolute atomic E-state index is 0.0110. The Morgan fingerprint density at radius 3 is 2.60 bits per heavy atom. The SMILES string of the molecule is CCOC(=O)/C=c1\s/c(=C\c2ccc(-c3cc(Cl)ccc3Cl)o2)c(=O)n1CC(=O)Nc1cccc(S(=O)(=O)N(C)C)c1. The van der Waals surface area contributed by atoms with Crippen LogP contribution in [0.2, 0.25) is 10.0 Å². The van der Waals surface area contributed by atoms with Crippen molar-refractivity contribution >= 4 is 74.3 Å². The Morgan fingerprint density at radius 1 is 1.12 bits per heavy atom. The number of anilines is 1. The Balaban J connectivity index is 1.68. The van der Waals surface area contributed by atoms with Crippen LogP contribution in [-0.4, -0.2) is 49.9 Å². The standard InChI is InChI=1S/C28H25Cl2N3O7S2/c1-4-39-27(35)15-26-33(16-25(34)31-18-6-5-7-20(13-18)42(37,38)32(2)3)28(36)24(41-26)14-19-9-11-23(40-19)21-12-17(29)8-10-22(21)30/h5-15H,4,16H2,1-3H3,(H,31,34)/b24-14-,26-15-. The van der Waals surface area contributed by atoms with Gasteiger partial charge in [-0.15, -0.1) is 11.3 Å². The average molecular weight is 651 g/mol. The first-order valence-corrected chi connectivity index (χ1v) is 15.4. The molecule has 0 spiro atoms. The molecule has 4 aromatic rings. The fourth-order valence-corrected chi connectivity index (χ4v) is 6.10. The van der Waals surface area contributed by atoms with E-state index in [1.54, 1.807) is 37.3 Å². The van der Waals surface area contributed by atoms with Gasteiger partial charge in [0.1, 0.15) is 22.7 Å². The number of nitrogens with zero attached hydrogens (tertiary/aromatic N) is 2. The van der Waals surface area contributed by atoms with Crippen LogP contribution in [0.1, 0.15) is 12.7 Å². The summed E-state index contributed by atoms with van der Waals surface area (Å²) in [6.45, 7) is 1.31. The van der Waals surface area contributed by atoms with E-state index in [-0.39, 0.29) is 26.4 Å². The molecule has 2 heterocycles. The summed E-state index contributed by atoms with van der Waals surface area (Å²) in [5.41, 5.74) is 0.243. The minimum Gasteiger partial charge on any atom is -0.463 e. The lowest BCUT2D eigenvalue weighted by molar-refractivity contribution is -0.135. The fraction of sp³-hybridized carbons (Fsp3) is 0.179. The number of hydrogen-bond acceptors (Lipinski definition) is 8. The van der Waals surface area contributed by atoms with Crippen molar-refractivity contribution < 1.29 is 27.2 Å². The van der Waals surface area contributed by atoms with Crippen molar-refractivity contribution in [3.8, 4) is 11.3 Å². The monoisotopic (exact) mass is 649 g/mol. The maximum atomic E-state index is 13.4. The van der Waals surface area contributed by atoms with Gasteiger partial charge in [-0.1, -0.05) is 29.3 Å². The number of carbonyl (C=O) groups excluding carboxylic acids is 2. The highest BCUT2D eigenvalue weighted by atomic mass is 35.5. The number of aromatic nitrogens is 1. The predicted octanol–water partition coefficient (Wildman–Crippen LogP) is 3.54. The molecular formula is C28H25Cl2N3O7S2. The topological polar surface area (TPSA) is 128 Å². The highest BCUT2D eigenvalue weighted by Crippen LogP contribution is 2.31. The third-order valence-corrected chi connectivity index (χ3v) is 9.19. The maximum absolute atomic E-state index is 13.4. The second kappa shape index (κ2) is 13.1. The number of ether oxygens (including phenoxy) is 1. The lowest BCUT2D eigenvalue weighted by Crippen LogP contribution is -2.36. The number of amides is 1. The van der Waals surface area contributed by atoms with Crippen molar-refractivity contribution in [1.29, 1.82) is 0 Å². The molecule has 1 N–H and O–H groups in total. The third kappa shape index (κ3) is 7.20. The van der Waals surface area contributed by atoms with Gasteiger partial charge in [0.25, 0.3) is 5.56 Å². The number of carbonyl (C=O) groups is 2. The quantitative estimate of drug-likeness (QED) is 0.275. The van der Waals surface area contributed by atoms with Gasteiger partial charge in [-0.05, 0) is 55.5 Å². The zero-order valence-electron chi connectivity index (χ0n) is 22.6. The second-order valence-corrected chi connectivity index (χ2v) is 13.0. The van der Waals surface area contributed by atoms with Gasteiger partial charge in [0.15, 0.2) is 0 Å². The minimum atomic E-state index is -3.73. The number of benzene rings is 2. The van der Waals surface area contributed by atoms with Crippen LogP contribution in [0.3, 0.4) is 0 Å². The summed E-state index contributed by atoms with van der Waals surface area (Å²) in [4.78, 5) is 38.6. The zero-order valence-corrected chi connectivity index (χ0v) is 25.7.